The highest BCUT2D eigenvalue weighted by Crippen LogP contribution is 2.25. The van der Waals surface area contributed by atoms with Gasteiger partial charge in [0, 0.05) is 12.7 Å². The summed E-state index contributed by atoms with van der Waals surface area (Å²) in [6.45, 7) is 0.913. The monoisotopic (exact) mass is 314 g/mol. The molecule has 0 heterocycles. The van der Waals surface area contributed by atoms with Gasteiger partial charge in [0.15, 0.2) is 11.5 Å². The molecule has 0 fully saturated rings. The first-order chi connectivity index (χ1) is 11.1. The Kier molecular flexibility index (Phi) is 5.86. The van der Waals surface area contributed by atoms with Gasteiger partial charge in [0.2, 0.25) is 5.91 Å². The van der Waals surface area contributed by atoms with Crippen molar-refractivity contribution in [3.05, 3.63) is 54.1 Å². The molecule has 122 valence electrons. The predicted molar refractivity (Wildman–Crippen MR) is 90.7 cm³/mol. The van der Waals surface area contributed by atoms with Crippen molar-refractivity contribution in [3.63, 3.8) is 0 Å². The fraction of sp³-hybridized carbons (Fsp3) is 0.278. The van der Waals surface area contributed by atoms with Gasteiger partial charge in [-0.3, -0.25) is 4.79 Å². The summed E-state index contributed by atoms with van der Waals surface area (Å²) in [5.74, 6) is 1.40. The standard InChI is InChI=1S/C18H22N2O3/c1-20(18(21)13-14-7-9-15(19)10-8-14)11-12-23-17-6-4-3-5-16(17)22-2/h3-10H,11-13,19H2,1-2H3. The van der Waals surface area contributed by atoms with E-state index in [1.165, 1.54) is 0 Å². The number of hydrogen-bond donors (Lipinski definition) is 1. The van der Waals surface area contributed by atoms with Gasteiger partial charge < -0.3 is 20.1 Å². The Balaban J connectivity index is 1.81. The summed E-state index contributed by atoms with van der Waals surface area (Å²) in [6, 6.07) is 14.8. The zero-order valence-electron chi connectivity index (χ0n) is 13.5. The average Bonchev–Trinajstić information content (AvgIpc) is 2.57. The minimum absolute atomic E-state index is 0.0402. The third kappa shape index (κ3) is 4.92. The number of benzene rings is 2. The summed E-state index contributed by atoms with van der Waals surface area (Å²) in [4.78, 5) is 13.8. The minimum Gasteiger partial charge on any atom is -0.493 e. The third-order valence-corrected chi connectivity index (χ3v) is 3.51. The van der Waals surface area contributed by atoms with Crippen molar-refractivity contribution in [2.75, 3.05) is 33.0 Å². The second-order valence-corrected chi connectivity index (χ2v) is 5.23. The molecule has 0 saturated heterocycles. The van der Waals surface area contributed by atoms with Gasteiger partial charge in [0.25, 0.3) is 0 Å². The lowest BCUT2D eigenvalue weighted by atomic mass is 10.1. The largest absolute Gasteiger partial charge is 0.493 e. The van der Waals surface area contributed by atoms with Crippen LogP contribution in [-0.4, -0.2) is 38.1 Å². The maximum Gasteiger partial charge on any atom is 0.226 e. The van der Waals surface area contributed by atoms with Gasteiger partial charge in [-0.2, -0.15) is 0 Å². The minimum atomic E-state index is 0.0402. The molecule has 0 atom stereocenters. The fourth-order valence-corrected chi connectivity index (χ4v) is 2.10. The number of methoxy groups -OCH3 is 1. The van der Waals surface area contributed by atoms with Crippen molar-refractivity contribution < 1.29 is 14.3 Å². The molecule has 0 aromatic heterocycles. The number of anilines is 1. The molecule has 2 aromatic carbocycles. The van der Waals surface area contributed by atoms with Crippen LogP contribution in [0.2, 0.25) is 0 Å². The summed E-state index contributed by atoms with van der Waals surface area (Å²) in [6.07, 6.45) is 0.353. The van der Waals surface area contributed by atoms with Crippen LogP contribution in [0.1, 0.15) is 5.56 Å². The Morgan fingerprint density at radius 2 is 1.74 bits per heavy atom. The first kappa shape index (κ1) is 16.7. The quantitative estimate of drug-likeness (QED) is 0.797. The maximum absolute atomic E-state index is 12.2. The normalized spacial score (nSPS) is 10.2. The molecule has 2 N–H and O–H groups in total. The second-order valence-electron chi connectivity index (χ2n) is 5.23. The van der Waals surface area contributed by atoms with E-state index < -0.39 is 0 Å². The van der Waals surface area contributed by atoms with Gasteiger partial charge in [0.1, 0.15) is 6.61 Å². The summed E-state index contributed by atoms with van der Waals surface area (Å²) >= 11 is 0. The highest BCUT2D eigenvalue weighted by Gasteiger charge is 2.10. The van der Waals surface area contributed by atoms with E-state index in [0.717, 1.165) is 5.56 Å². The molecule has 0 unspecified atom stereocenters. The van der Waals surface area contributed by atoms with E-state index >= 15 is 0 Å². The lowest BCUT2D eigenvalue weighted by molar-refractivity contribution is -0.129. The van der Waals surface area contributed by atoms with Gasteiger partial charge in [-0.05, 0) is 29.8 Å². The molecule has 0 aliphatic rings. The maximum atomic E-state index is 12.2. The van der Waals surface area contributed by atoms with Crippen LogP contribution in [0.4, 0.5) is 5.69 Å². The SMILES string of the molecule is COc1ccccc1OCCN(C)C(=O)Cc1ccc(N)cc1. The van der Waals surface area contributed by atoms with E-state index in [2.05, 4.69) is 0 Å². The molecule has 0 radical (unpaired) electrons. The van der Waals surface area contributed by atoms with Crippen molar-refractivity contribution in [2.24, 2.45) is 0 Å². The fourth-order valence-electron chi connectivity index (χ4n) is 2.10. The average molecular weight is 314 g/mol. The van der Waals surface area contributed by atoms with Crippen LogP contribution in [0.15, 0.2) is 48.5 Å². The van der Waals surface area contributed by atoms with Gasteiger partial charge in [-0.15, -0.1) is 0 Å². The molecule has 0 bridgehead atoms. The zero-order chi connectivity index (χ0) is 16.7. The number of carbonyl (C=O) groups excluding carboxylic acids is 1. The molecular weight excluding hydrogens is 292 g/mol. The van der Waals surface area contributed by atoms with Gasteiger partial charge in [0.05, 0.1) is 20.1 Å². The summed E-state index contributed by atoms with van der Waals surface area (Å²) < 4.78 is 10.9. The Morgan fingerprint density at radius 1 is 1.09 bits per heavy atom. The second kappa shape index (κ2) is 8.08. The molecule has 5 nitrogen and oxygen atoms in total. The Labute approximate surface area is 136 Å². The van der Waals surface area contributed by atoms with Crippen LogP contribution in [0, 0.1) is 0 Å². The number of rotatable bonds is 7. The molecule has 2 aromatic rings. The van der Waals surface area contributed by atoms with E-state index in [1.54, 1.807) is 31.2 Å². The van der Waals surface area contributed by atoms with Crippen molar-refractivity contribution in [1.29, 1.82) is 0 Å². The number of ether oxygens (including phenoxy) is 2. The van der Waals surface area contributed by atoms with Crippen LogP contribution in [-0.2, 0) is 11.2 Å². The third-order valence-electron chi connectivity index (χ3n) is 3.51. The summed E-state index contributed by atoms with van der Waals surface area (Å²) in [7, 11) is 3.37. The van der Waals surface area contributed by atoms with Crippen LogP contribution in [0.3, 0.4) is 0 Å². The van der Waals surface area contributed by atoms with Crippen LogP contribution < -0.4 is 15.2 Å². The van der Waals surface area contributed by atoms with E-state index in [-0.39, 0.29) is 5.91 Å². The predicted octanol–water partition coefficient (Wildman–Crippen LogP) is 2.36. The highest BCUT2D eigenvalue weighted by molar-refractivity contribution is 5.78. The van der Waals surface area contributed by atoms with Crippen LogP contribution in [0.5, 0.6) is 11.5 Å². The highest BCUT2D eigenvalue weighted by atomic mass is 16.5. The number of amides is 1. The number of nitrogens with zero attached hydrogens (tertiary/aromatic N) is 1. The molecule has 2 rings (SSSR count). The summed E-state index contributed by atoms with van der Waals surface area (Å²) in [5.41, 5.74) is 7.28. The van der Waals surface area contributed by atoms with Gasteiger partial charge >= 0.3 is 0 Å². The number of nitrogens with two attached hydrogens (primary N) is 1. The van der Waals surface area contributed by atoms with Gasteiger partial charge in [-0.1, -0.05) is 24.3 Å². The van der Waals surface area contributed by atoms with Crippen molar-refractivity contribution in [1.82, 2.24) is 4.90 Å². The van der Waals surface area contributed by atoms with Gasteiger partial charge in [-0.25, -0.2) is 0 Å². The number of para-hydroxylation sites is 2. The first-order valence-corrected chi connectivity index (χ1v) is 7.44. The topological polar surface area (TPSA) is 64.8 Å². The van der Waals surface area contributed by atoms with E-state index in [1.807, 2.05) is 36.4 Å². The lowest BCUT2D eigenvalue weighted by Gasteiger charge is -2.18. The number of carbonyl (C=O) groups is 1. The van der Waals surface area contributed by atoms with E-state index in [0.29, 0.717) is 36.8 Å². The van der Waals surface area contributed by atoms with Crippen molar-refractivity contribution >= 4 is 11.6 Å². The molecule has 0 aliphatic carbocycles. The molecule has 0 spiro atoms. The van der Waals surface area contributed by atoms with Crippen molar-refractivity contribution in [2.45, 2.75) is 6.42 Å². The van der Waals surface area contributed by atoms with Crippen LogP contribution in [0.25, 0.3) is 0 Å². The number of likely N-dealkylation sites (N-methyl/N-ethyl adjacent to an activating group) is 1. The summed E-state index contributed by atoms with van der Waals surface area (Å²) in [5, 5.41) is 0. The first-order valence-electron chi connectivity index (χ1n) is 7.44. The Hall–Kier alpha value is -2.69. The smallest absolute Gasteiger partial charge is 0.226 e. The van der Waals surface area contributed by atoms with E-state index in [9.17, 15) is 4.79 Å². The molecular formula is C18H22N2O3. The van der Waals surface area contributed by atoms with E-state index in [4.69, 9.17) is 15.2 Å². The number of nitrogen functional groups attached to an aromatic ring is 1. The molecule has 0 saturated carbocycles. The van der Waals surface area contributed by atoms with Crippen molar-refractivity contribution in [3.8, 4) is 11.5 Å². The Morgan fingerprint density at radius 3 is 2.39 bits per heavy atom. The van der Waals surface area contributed by atoms with Crippen LogP contribution >= 0.6 is 0 Å². The zero-order valence-corrected chi connectivity index (χ0v) is 13.5. The molecule has 23 heavy (non-hydrogen) atoms. The number of hydrogen-bond acceptors (Lipinski definition) is 4. The molecule has 0 aliphatic heterocycles. The molecule has 5 heteroatoms. The lowest BCUT2D eigenvalue weighted by Crippen LogP contribution is -2.32. The Bertz CT molecular complexity index is 641. The molecule has 1 amide bonds.